The summed E-state index contributed by atoms with van der Waals surface area (Å²) in [5.74, 6) is 1.01. The second kappa shape index (κ2) is 8.82. The minimum Gasteiger partial charge on any atom is -0.493 e. The average Bonchev–Trinajstić information content (AvgIpc) is 3.74. The molecular formula is C23H29N9O3. The van der Waals surface area contributed by atoms with Crippen LogP contribution in [0.3, 0.4) is 0 Å². The largest absolute Gasteiger partial charge is 0.493 e. The Bertz CT molecular complexity index is 1420. The minimum atomic E-state index is -0.494. The van der Waals surface area contributed by atoms with Gasteiger partial charge < -0.3 is 20.7 Å². The molecule has 12 nitrogen and oxygen atoms in total. The third-order valence-electron chi connectivity index (χ3n) is 6.85. The first-order valence-corrected chi connectivity index (χ1v) is 12.4. The maximum absolute atomic E-state index is 12.1. The predicted octanol–water partition coefficient (Wildman–Crippen LogP) is 0.0965. The van der Waals surface area contributed by atoms with E-state index in [1.165, 1.54) is 12.8 Å². The highest BCUT2D eigenvalue weighted by Gasteiger charge is 2.27. The molecule has 0 aromatic carbocycles. The van der Waals surface area contributed by atoms with E-state index < -0.39 is 5.69 Å². The Kier molecular flexibility index (Phi) is 5.50. The van der Waals surface area contributed by atoms with Gasteiger partial charge in [0, 0.05) is 23.7 Å². The van der Waals surface area contributed by atoms with Crippen LogP contribution in [0.2, 0.25) is 0 Å². The van der Waals surface area contributed by atoms with E-state index in [4.69, 9.17) is 9.98 Å². The van der Waals surface area contributed by atoms with Gasteiger partial charge in [-0.25, -0.2) is 9.79 Å². The monoisotopic (exact) mass is 479 g/mol. The zero-order chi connectivity index (χ0) is 23.9. The summed E-state index contributed by atoms with van der Waals surface area (Å²) >= 11 is 0. The number of hydrogen-bond donors (Lipinski definition) is 5. The fourth-order valence-corrected chi connectivity index (χ4v) is 4.58. The highest BCUT2D eigenvalue weighted by Crippen LogP contribution is 2.32. The van der Waals surface area contributed by atoms with E-state index in [-0.39, 0.29) is 35.6 Å². The maximum atomic E-state index is 12.1. The number of rotatable bonds is 7. The predicted molar refractivity (Wildman–Crippen MR) is 126 cm³/mol. The molecule has 35 heavy (non-hydrogen) atoms. The van der Waals surface area contributed by atoms with E-state index in [1.807, 2.05) is 0 Å². The Labute approximate surface area is 200 Å². The molecule has 12 heteroatoms. The molecular weight excluding hydrogens is 450 g/mol. The molecule has 0 spiro atoms. The van der Waals surface area contributed by atoms with Crippen LogP contribution in [-0.4, -0.2) is 58.7 Å². The van der Waals surface area contributed by atoms with Gasteiger partial charge >= 0.3 is 5.69 Å². The highest BCUT2D eigenvalue weighted by molar-refractivity contribution is 5.76. The van der Waals surface area contributed by atoms with Crippen LogP contribution < -0.4 is 27.2 Å². The third kappa shape index (κ3) is 5.05. The number of anilines is 1. The SMILES string of the molecule is O=C(CC1CC1)NC1CCC(Nc2nc(=NC3CC3)n3nc/c(=C/c4[nH]c(=O)[nH]c4O)c3n2)CC1. The van der Waals surface area contributed by atoms with Crippen molar-refractivity contribution in [2.24, 2.45) is 10.9 Å². The van der Waals surface area contributed by atoms with Gasteiger partial charge in [-0.1, -0.05) is 0 Å². The van der Waals surface area contributed by atoms with E-state index in [0.717, 1.165) is 38.5 Å². The standard InChI is InChI=1S/C23H29N9O3/c33-18(9-12-1-2-12)25-14-3-5-15(6-4-14)26-21-29-19-13(10-17-20(34)30-23(35)28-17)11-24-32(19)22(31-21)27-16-7-8-16/h10-12,14-16,34H,1-9H2,(H,25,33)(H,26,27,31)(H2,28,30,35)/b13-10-. The van der Waals surface area contributed by atoms with Crippen LogP contribution in [0.25, 0.3) is 11.7 Å². The fraction of sp³-hybridized carbons (Fsp3) is 0.565. The van der Waals surface area contributed by atoms with Gasteiger partial charge in [-0.15, -0.1) is 0 Å². The minimum absolute atomic E-state index is 0.184. The summed E-state index contributed by atoms with van der Waals surface area (Å²) in [6.45, 7) is 0. The molecule has 3 aliphatic carbocycles. The number of nitrogens with one attached hydrogen (secondary N) is 4. The Morgan fingerprint density at radius 2 is 1.89 bits per heavy atom. The Hall–Kier alpha value is -3.70. The summed E-state index contributed by atoms with van der Waals surface area (Å²) in [6.07, 6.45) is 12.0. The van der Waals surface area contributed by atoms with Crippen molar-refractivity contribution in [2.75, 3.05) is 5.32 Å². The lowest BCUT2D eigenvalue weighted by molar-refractivity contribution is -0.122. The molecule has 3 fully saturated rings. The van der Waals surface area contributed by atoms with Gasteiger partial charge in [0.25, 0.3) is 5.62 Å². The van der Waals surface area contributed by atoms with Crippen LogP contribution >= 0.6 is 0 Å². The lowest BCUT2D eigenvalue weighted by Gasteiger charge is -2.29. The van der Waals surface area contributed by atoms with Crippen molar-refractivity contribution in [3.63, 3.8) is 0 Å². The third-order valence-corrected chi connectivity index (χ3v) is 6.85. The van der Waals surface area contributed by atoms with E-state index in [9.17, 15) is 14.7 Å². The summed E-state index contributed by atoms with van der Waals surface area (Å²) in [5.41, 5.74) is 0.767. The van der Waals surface area contributed by atoms with Crippen molar-refractivity contribution in [1.82, 2.24) is 34.9 Å². The van der Waals surface area contributed by atoms with E-state index in [1.54, 1.807) is 16.8 Å². The van der Waals surface area contributed by atoms with Crippen LogP contribution in [-0.2, 0) is 4.79 Å². The van der Waals surface area contributed by atoms with Gasteiger partial charge in [0.05, 0.1) is 12.2 Å². The number of carbonyl (C=O) groups excluding carboxylic acids is 1. The molecule has 0 saturated heterocycles. The molecule has 0 radical (unpaired) electrons. The average molecular weight is 480 g/mol. The van der Waals surface area contributed by atoms with Gasteiger partial charge in [-0.3, -0.25) is 9.78 Å². The fourth-order valence-electron chi connectivity index (χ4n) is 4.58. The Morgan fingerprint density at radius 1 is 1.11 bits per heavy atom. The smallest absolute Gasteiger partial charge is 0.326 e. The van der Waals surface area contributed by atoms with Crippen molar-refractivity contribution < 1.29 is 9.90 Å². The van der Waals surface area contributed by atoms with Crippen molar-refractivity contribution >= 4 is 23.6 Å². The number of aromatic amines is 2. The Morgan fingerprint density at radius 3 is 2.57 bits per heavy atom. The van der Waals surface area contributed by atoms with Crippen molar-refractivity contribution in [1.29, 1.82) is 0 Å². The quantitative estimate of drug-likeness (QED) is 0.320. The number of amides is 1. The molecule has 3 heterocycles. The first-order valence-electron chi connectivity index (χ1n) is 12.4. The topological polar surface area (TPSA) is 165 Å². The number of hydrogen-bond acceptors (Lipinski definition) is 8. The van der Waals surface area contributed by atoms with Gasteiger partial charge in [0.1, 0.15) is 5.69 Å². The van der Waals surface area contributed by atoms with E-state index >= 15 is 0 Å². The lowest BCUT2D eigenvalue weighted by Crippen LogP contribution is -2.40. The summed E-state index contributed by atoms with van der Waals surface area (Å²) in [7, 11) is 0. The highest BCUT2D eigenvalue weighted by atomic mass is 16.3. The molecule has 0 unspecified atom stereocenters. The molecule has 0 atom stereocenters. The Balaban J connectivity index is 1.22. The van der Waals surface area contributed by atoms with Gasteiger partial charge in [0.15, 0.2) is 5.65 Å². The first-order chi connectivity index (χ1) is 17.0. The molecule has 5 N–H and O–H groups in total. The zero-order valence-electron chi connectivity index (χ0n) is 19.3. The van der Waals surface area contributed by atoms with Crippen LogP contribution in [0.1, 0.15) is 63.5 Å². The van der Waals surface area contributed by atoms with Gasteiger partial charge in [-0.2, -0.15) is 19.6 Å². The normalized spacial score (nSPS) is 23.7. The zero-order valence-corrected chi connectivity index (χ0v) is 19.3. The molecule has 3 saturated carbocycles. The summed E-state index contributed by atoms with van der Waals surface area (Å²) in [5, 5.41) is 21.6. The number of aromatic hydroxyl groups is 1. The second-order valence-corrected chi connectivity index (χ2v) is 9.94. The summed E-state index contributed by atoms with van der Waals surface area (Å²) in [6, 6.07) is 0.677. The number of imidazole rings is 1. The molecule has 6 rings (SSSR count). The van der Waals surface area contributed by atoms with Crippen molar-refractivity contribution in [2.45, 2.75) is 75.9 Å². The van der Waals surface area contributed by atoms with E-state index in [2.05, 4.69) is 30.7 Å². The van der Waals surface area contributed by atoms with Crippen LogP contribution in [0.4, 0.5) is 5.95 Å². The summed E-state index contributed by atoms with van der Waals surface area (Å²) < 4.78 is 1.59. The molecule has 3 aromatic rings. The van der Waals surface area contributed by atoms with Crippen LogP contribution in [0.5, 0.6) is 5.88 Å². The van der Waals surface area contributed by atoms with Gasteiger partial charge in [-0.05, 0) is 63.4 Å². The molecule has 3 aliphatic rings. The molecule has 0 aliphatic heterocycles. The van der Waals surface area contributed by atoms with Gasteiger partial charge in [0.2, 0.25) is 17.7 Å². The van der Waals surface area contributed by atoms with Crippen molar-refractivity contribution in [3.05, 3.63) is 33.2 Å². The van der Waals surface area contributed by atoms with Crippen LogP contribution in [0.15, 0.2) is 16.0 Å². The van der Waals surface area contributed by atoms with Crippen LogP contribution in [0, 0.1) is 5.92 Å². The number of fused-ring (bicyclic) bond motifs is 1. The molecule has 184 valence electrons. The number of aromatic nitrogens is 6. The first kappa shape index (κ1) is 21.8. The molecule has 3 aromatic heterocycles. The van der Waals surface area contributed by atoms with E-state index in [0.29, 0.717) is 34.8 Å². The maximum Gasteiger partial charge on any atom is 0.326 e. The second-order valence-electron chi connectivity index (χ2n) is 9.94. The number of nitrogens with zero attached hydrogens (tertiary/aromatic N) is 5. The molecule has 0 bridgehead atoms. The number of carbonyl (C=O) groups is 1. The lowest BCUT2D eigenvalue weighted by atomic mass is 9.91. The van der Waals surface area contributed by atoms with Crippen molar-refractivity contribution in [3.8, 4) is 5.88 Å². The summed E-state index contributed by atoms with van der Waals surface area (Å²) in [4.78, 5) is 42.5. The molecule has 1 amide bonds. The number of H-pyrrole nitrogens is 2.